The molecule has 0 aromatic heterocycles. The summed E-state index contributed by atoms with van der Waals surface area (Å²) in [7, 11) is 0. The van der Waals surface area contributed by atoms with Gasteiger partial charge < -0.3 is 15.2 Å². The van der Waals surface area contributed by atoms with E-state index in [2.05, 4.69) is 19.2 Å². The van der Waals surface area contributed by atoms with Crippen LogP contribution in [0.5, 0.6) is 0 Å². The lowest BCUT2D eigenvalue weighted by Crippen LogP contribution is -2.46. The maximum atomic E-state index is 11.9. The van der Waals surface area contributed by atoms with Gasteiger partial charge in [0, 0.05) is 6.04 Å². The van der Waals surface area contributed by atoms with Crippen molar-refractivity contribution >= 4 is 11.9 Å². The minimum absolute atomic E-state index is 0.162. The van der Waals surface area contributed by atoms with Crippen molar-refractivity contribution in [3.05, 3.63) is 0 Å². The molecule has 0 heterocycles. The summed E-state index contributed by atoms with van der Waals surface area (Å²) in [6, 6.07) is 0.162. The predicted octanol–water partition coefficient (Wildman–Crippen LogP) is 1.78. The first-order chi connectivity index (χ1) is 9.92. The molecule has 5 nitrogen and oxygen atoms in total. The van der Waals surface area contributed by atoms with Crippen LogP contribution >= 0.6 is 0 Å². The first-order valence-corrected chi connectivity index (χ1v) is 8.11. The van der Waals surface area contributed by atoms with Gasteiger partial charge in [0.05, 0.1) is 0 Å². The summed E-state index contributed by atoms with van der Waals surface area (Å²) in [5, 5.41) is 13.0. The number of ether oxygens (including phenoxy) is 1. The molecule has 0 saturated heterocycles. The van der Waals surface area contributed by atoms with Crippen LogP contribution < -0.4 is 5.32 Å². The van der Waals surface area contributed by atoms with Crippen molar-refractivity contribution in [3.63, 3.8) is 0 Å². The molecule has 0 aromatic rings. The van der Waals surface area contributed by atoms with Gasteiger partial charge in [0.25, 0.3) is 5.91 Å². The van der Waals surface area contributed by atoms with Gasteiger partial charge in [-0.05, 0) is 43.9 Å². The molecule has 0 spiro atoms. The molecule has 2 rings (SSSR count). The fourth-order valence-electron chi connectivity index (χ4n) is 3.46. The Labute approximate surface area is 126 Å². The molecule has 120 valence electrons. The summed E-state index contributed by atoms with van der Waals surface area (Å²) in [5.41, 5.74) is -1.37. The second-order valence-corrected chi connectivity index (χ2v) is 6.76. The number of aliphatic hydroxyl groups is 1. The van der Waals surface area contributed by atoms with Gasteiger partial charge in [-0.15, -0.1) is 0 Å². The van der Waals surface area contributed by atoms with Gasteiger partial charge in [0.15, 0.2) is 12.2 Å². The fourth-order valence-corrected chi connectivity index (χ4v) is 3.46. The second-order valence-electron chi connectivity index (χ2n) is 6.76. The minimum atomic E-state index is -1.37. The van der Waals surface area contributed by atoms with E-state index in [1.54, 1.807) is 0 Å². The molecule has 3 atom stereocenters. The van der Waals surface area contributed by atoms with Crippen molar-refractivity contribution in [3.8, 4) is 0 Å². The standard InChI is InChI=1S/C16H27NO4/c1-11-6-5-7-13(12(11)2)17-14(18)10-21-15(19)16(20)8-3-4-9-16/h11-13,20H,3-10H2,1-2H3,(H,17,18). The van der Waals surface area contributed by atoms with Gasteiger partial charge in [-0.1, -0.05) is 26.7 Å². The van der Waals surface area contributed by atoms with Crippen molar-refractivity contribution in [1.29, 1.82) is 0 Å². The summed E-state index contributed by atoms with van der Waals surface area (Å²) in [6.45, 7) is 4.07. The van der Waals surface area contributed by atoms with Crippen molar-refractivity contribution in [2.75, 3.05) is 6.61 Å². The van der Waals surface area contributed by atoms with E-state index in [-0.39, 0.29) is 18.6 Å². The maximum absolute atomic E-state index is 11.9. The van der Waals surface area contributed by atoms with Crippen LogP contribution in [0, 0.1) is 11.8 Å². The van der Waals surface area contributed by atoms with Crippen molar-refractivity contribution < 1.29 is 19.4 Å². The van der Waals surface area contributed by atoms with Crippen molar-refractivity contribution in [2.24, 2.45) is 11.8 Å². The molecule has 2 N–H and O–H groups in total. The fraction of sp³-hybridized carbons (Fsp3) is 0.875. The summed E-state index contributed by atoms with van der Waals surface area (Å²) >= 11 is 0. The molecule has 2 saturated carbocycles. The normalized spacial score (nSPS) is 31.7. The number of carbonyl (C=O) groups is 2. The molecule has 0 radical (unpaired) electrons. The highest BCUT2D eigenvalue weighted by atomic mass is 16.6. The monoisotopic (exact) mass is 297 g/mol. The number of amides is 1. The molecular formula is C16H27NO4. The van der Waals surface area contributed by atoms with Gasteiger partial charge in [-0.25, -0.2) is 4.79 Å². The van der Waals surface area contributed by atoms with E-state index < -0.39 is 11.6 Å². The van der Waals surface area contributed by atoms with Crippen LogP contribution in [-0.4, -0.2) is 35.2 Å². The molecule has 2 fully saturated rings. The van der Waals surface area contributed by atoms with Crippen LogP contribution in [0.3, 0.4) is 0 Å². The molecule has 0 aromatic carbocycles. The smallest absolute Gasteiger partial charge is 0.338 e. The lowest BCUT2D eigenvalue weighted by Gasteiger charge is -2.34. The third-order valence-electron chi connectivity index (χ3n) is 5.20. The molecule has 5 heteroatoms. The average molecular weight is 297 g/mol. The van der Waals surface area contributed by atoms with Crippen LogP contribution in [-0.2, 0) is 14.3 Å². The Bertz CT molecular complexity index is 390. The van der Waals surface area contributed by atoms with Gasteiger partial charge in [-0.3, -0.25) is 4.79 Å². The Balaban J connectivity index is 1.75. The van der Waals surface area contributed by atoms with Crippen molar-refractivity contribution in [1.82, 2.24) is 5.32 Å². The number of rotatable bonds is 4. The Morgan fingerprint density at radius 3 is 2.52 bits per heavy atom. The number of carbonyl (C=O) groups excluding carboxylic acids is 2. The van der Waals surface area contributed by atoms with Gasteiger partial charge in [0.2, 0.25) is 0 Å². The Kier molecular flexibility index (Phi) is 5.25. The third-order valence-corrected chi connectivity index (χ3v) is 5.20. The van der Waals surface area contributed by atoms with Crippen LogP contribution in [0.15, 0.2) is 0 Å². The summed E-state index contributed by atoms with van der Waals surface area (Å²) < 4.78 is 4.99. The Hall–Kier alpha value is -1.10. The topological polar surface area (TPSA) is 75.6 Å². The van der Waals surface area contributed by atoms with Crippen molar-refractivity contribution in [2.45, 2.75) is 70.4 Å². The van der Waals surface area contributed by atoms with E-state index in [0.29, 0.717) is 24.7 Å². The van der Waals surface area contributed by atoms with Gasteiger partial charge in [0.1, 0.15) is 0 Å². The molecule has 2 aliphatic carbocycles. The van der Waals surface area contributed by atoms with Crippen LogP contribution in [0.25, 0.3) is 0 Å². The number of hydrogen-bond acceptors (Lipinski definition) is 4. The zero-order valence-electron chi connectivity index (χ0n) is 13.1. The van der Waals surface area contributed by atoms with E-state index >= 15 is 0 Å². The molecule has 2 aliphatic rings. The van der Waals surface area contributed by atoms with E-state index in [1.807, 2.05) is 0 Å². The Morgan fingerprint density at radius 1 is 1.19 bits per heavy atom. The molecule has 1 amide bonds. The van der Waals surface area contributed by atoms with E-state index in [9.17, 15) is 14.7 Å². The molecule has 21 heavy (non-hydrogen) atoms. The largest absolute Gasteiger partial charge is 0.453 e. The number of esters is 1. The SMILES string of the molecule is CC1CCCC(NC(=O)COC(=O)C2(O)CCCC2)C1C. The van der Waals surface area contributed by atoms with Crippen LogP contribution in [0.1, 0.15) is 58.8 Å². The lowest BCUT2D eigenvalue weighted by molar-refractivity contribution is -0.167. The third kappa shape index (κ3) is 3.96. The first-order valence-electron chi connectivity index (χ1n) is 8.11. The highest BCUT2D eigenvalue weighted by Gasteiger charge is 2.40. The summed E-state index contributed by atoms with van der Waals surface area (Å²) in [5.74, 6) is 0.124. The zero-order valence-corrected chi connectivity index (χ0v) is 13.1. The maximum Gasteiger partial charge on any atom is 0.338 e. The zero-order chi connectivity index (χ0) is 15.5. The van der Waals surface area contributed by atoms with E-state index in [4.69, 9.17) is 4.74 Å². The molecule has 3 unspecified atom stereocenters. The molecule has 0 aliphatic heterocycles. The van der Waals surface area contributed by atoms with E-state index in [0.717, 1.165) is 25.7 Å². The quantitative estimate of drug-likeness (QED) is 0.776. The lowest BCUT2D eigenvalue weighted by atomic mass is 9.78. The highest BCUT2D eigenvalue weighted by Crippen LogP contribution is 2.31. The minimum Gasteiger partial charge on any atom is -0.453 e. The average Bonchev–Trinajstić information content (AvgIpc) is 2.89. The van der Waals surface area contributed by atoms with Crippen LogP contribution in [0.4, 0.5) is 0 Å². The van der Waals surface area contributed by atoms with Gasteiger partial charge in [-0.2, -0.15) is 0 Å². The summed E-state index contributed by atoms with van der Waals surface area (Å²) in [6.07, 6.45) is 5.83. The number of nitrogens with one attached hydrogen (secondary N) is 1. The Morgan fingerprint density at radius 2 is 1.86 bits per heavy atom. The number of hydrogen-bond donors (Lipinski definition) is 2. The second kappa shape index (κ2) is 6.77. The molecular weight excluding hydrogens is 270 g/mol. The van der Waals surface area contributed by atoms with Crippen LogP contribution in [0.2, 0.25) is 0 Å². The van der Waals surface area contributed by atoms with Gasteiger partial charge >= 0.3 is 5.97 Å². The predicted molar refractivity (Wildman–Crippen MR) is 78.5 cm³/mol. The molecule has 0 bridgehead atoms. The summed E-state index contributed by atoms with van der Waals surface area (Å²) in [4.78, 5) is 23.7. The highest BCUT2D eigenvalue weighted by molar-refractivity contribution is 5.84. The van der Waals surface area contributed by atoms with E-state index in [1.165, 1.54) is 6.42 Å². The first kappa shape index (κ1) is 16.3.